The van der Waals surface area contributed by atoms with Crippen molar-refractivity contribution in [3.63, 3.8) is 0 Å². The van der Waals surface area contributed by atoms with E-state index in [0.717, 1.165) is 0 Å². The molecular weight excluding hydrogens is 371 g/mol. The zero-order valence-electron chi connectivity index (χ0n) is 14.6. The van der Waals surface area contributed by atoms with Gasteiger partial charge in [-0.1, -0.05) is 18.2 Å². The normalized spacial score (nSPS) is 11.8. The number of imide groups is 1. The monoisotopic (exact) mass is 387 g/mol. The number of hydrogen-bond donors (Lipinski definition) is 0. The Bertz CT molecular complexity index is 800. The first-order chi connectivity index (χ1) is 12.5. The van der Waals surface area contributed by atoms with Crippen LogP contribution in [-0.4, -0.2) is 40.7 Å². The molecule has 1 aromatic heterocycles. The highest BCUT2D eigenvalue weighted by Crippen LogP contribution is 2.24. The van der Waals surface area contributed by atoms with Gasteiger partial charge < -0.3 is 9.47 Å². The summed E-state index contributed by atoms with van der Waals surface area (Å²) >= 11 is 0. The average molecular weight is 387 g/mol. The molecule has 0 atom stereocenters. The number of amides is 2. The lowest BCUT2D eigenvalue weighted by Gasteiger charge is -2.25. The molecule has 2 aromatic rings. The van der Waals surface area contributed by atoms with Crippen LogP contribution in [0.15, 0.2) is 35.0 Å². The lowest BCUT2D eigenvalue weighted by molar-refractivity contribution is -0.154. The van der Waals surface area contributed by atoms with Gasteiger partial charge in [0.1, 0.15) is 5.60 Å². The molecule has 27 heavy (non-hydrogen) atoms. The molecule has 8 nitrogen and oxygen atoms in total. The number of carbonyl (C=O) groups excluding carboxylic acids is 2. The van der Waals surface area contributed by atoms with E-state index < -0.39 is 42.0 Å². The summed E-state index contributed by atoms with van der Waals surface area (Å²) in [5.74, 6) is -1.91. The van der Waals surface area contributed by atoms with Gasteiger partial charge in [-0.25, -0.2) is 14.3 Å². The van der Waals surface area contributed by atoms with Gasteiger partial charge in [0.25, 0.3) is 11.8 Å². The fraction of sp³-hybridized carbons (Fsp3) is 0.375. The summed E-state index contributed by atoms with van der Waals surface area (Å²) in [5.41, 5.74) is -1.52. The Balaban J connectivity index is 2.35. The molecule has 1 aromatic carbocycles. The number of para-hydroxylation sites is 1. The van der Waals surface area contributed by atoms with Gasteiger partial charge in [-0.15, -0.1) is 0 Å². The standard InChI is InChI=1S/C16H16F3N3O5/c1-15(2,3)26-14(24)22(10-7-5-4-6-8-10)13(23)11-12(21-27-20-11)25-9-16(17,18)19/h4-8H,9H2,1-3H3. The van der Waals surface area contributed by atoms with Crippen LogP contribution in [0.1, 0.15) is 31.3 Å². The van der Waals surface area contributed by atoms with Gasteiger partial charge in [-0.3, -0.25) is 4.79 Å². The molecule has 0 unspecified atom stereocenters. The SMILES string of the molecule is CC(C)(C)OC(=O)N(C(=O)c1nonc1OCC(F)(F)F)c1ccccc1. The number of aromatic nitrogens is 2. The van der Waals surface area contributed by atoms with Gasteiger partial charge in [-0.2, -0.15) is 13.2 Å². The number of rotatable bonds is 4. The minimum absolute atomic E-state index is 0.113. The maximum absolute atomic E-state index is 12.8. The fourth-order valence-corrected chi connectivity index (χ4v) is 1.85. The minimum Gasteiger partial charge on any atom is -0.464 e. The van der Waals surface area contributed by atoms with Crippen LogP contribution in [0.2, 0.25) is 0 Å². The first-order valence-electron chi connectivity index (χ1n) is 7.62. The highest BCUT2D eigenvalue weighted by atomic mass is 19.4. The van der Waals surface area contributed by atoms with Gasteiger partial charge in [0.2, 0.25) is 5.69 Å². The first kappa shape index (κ1) is 20.2. The molecule has 0 radical (unpaired) electrons. The average Bonchev–Trinajstić information content (AvgIpc) is 3.00. The van der Waals surface area contributed by atoms with Crippen molar-refractivity contribution in [2.24, 2.45) is 0 Å². The maximum Gasteiger partial charge on any atom is 0.422 e. The summed E-state index contributed by atoms with van der Waals surface area (Å²) in [6, 6.07) is 7.64. The lowest BCUT2D eigenvalue weighted by Crippen LogP contribution is -2.41. The third-order valence-electron chi connectivity index (χ3n) is 2.83. The molecule has 0 aliphatic rings. The highest BCUT2D eigenvalue weighted by molar-refractivity contribution is 6.19. The minimum atomic E-state index is -4.66. The smallest absolute Gasteiger partial charge is 0.422 e. The zero-order valence-corrected chi connectivity index (χ0v) is 14.6. The topological polar surface area (TPSA) is 94.8 Å². The van der Waals surface area contributed by atoms with Gasteiger partial charge in [0, 0.05) is 0 Å². The van der Waals surface area contributed by atoms with Gasteiger partial charge >= 0.3 is 12.3 Å². The van der Waals surface area contributed by atoms with Crippen molar-refractivity contribution in [2.45, 2.75) is 32.5 Å². The molecule has 1 heterocycles. The van der Waals surface area contributed by atoms with Gasteiger partial charge in [0.05, 0.1) is 5.69 Å². The Morgan fingerprint density at radius 2 is 1.74 bits per heavy atom. The van der Waals surface area contributed by atoms with E-state index in [2.05, 4.69) is 19.7 Å². The third kappa shape index (κ3) is 5.69. The largest absolute Gasteiger partial charge is 0.464 e. The molecule has 0 aliphatic carbocycles. The number of anilines is 1. The van der Waals surface area contributed by atoms with Crippen LogP contribution in [0, 0.1) is 0 Å². The Morgan fingerprint density at radius 3 is 2.30 bits per heavy atom. The summed E-state index contributed by atoms with van der Waals surface area (Å²) in [4.78, 5) is 25.9. The van der Waals surface area contributed by atoms with Crippen molar-refractivity contribution in [3.8, 4) is 5.88 Å². The molecule has 0 saturated heterocycles. The molecule has 146 valence electrons. The fourth-order valence-electron chi connectivity index (χ4n) is 1.85. The second-order valence-corrected chi connectivity index (χ2v) is 6.28. The summed E-state index contributed by atoms with van der Waals surface area (Å²) < 4.78 is 51.0. The molecule has 0 aliphatic heterocycles. The Labute approximate surface area is 151 Å². The summed E-state index contributed by atoms with van der Waals surface area (Å²) in [6.45, 7) is 3.06. The van der Waals surface area contributed by atoms with E-state index in [9.17, 15) is 22.8 Å². The van der Waals surface area contributed by atoms with E-state index in [4.69, 9.17) is 4.74 Å². The number of alkyl halides is 3. The van der Waals surface area contributed by atoms with Crippen molar-refractivity contribution in [1.82, 2.24) is 10.3 Å². The first-order valence-corrected chi connectivity index (χ1v) is 7.62. The summed E-state index contributed by atoms with van der Waals surface area (Å²) in [6.07, 6.45) is -5.72. The van der Waals surface area contributed by atoms with Crippen LogP contribution in [0.5, 0.6) is 5.88 Å². The molecule has 0 N–H and O–H groups in total. The number of carbonyl (C=O) groups is 2. The maximum atomic E-state index is 12.8. The number of benzene rings is 1. The van der Waals surface area contributed by atoms with Crippen molar-refractivity contribution in [1.29, 1.82) is 0 Å². The number of halogens is 3. The predicted molar refractivity (Wildman–Crippen MR) is 85.3 cm³/mol. The second kappa shape index (κ2) is 7.64. The Kier molecular flexibility index (Phi) is 5.72. The van der Waals surface area contributed by atoms with E-state index in [-0.39, 0.29) is 5.69 Å². The summed E-state index contributed by atoms with van der Waals surface area (Å²) in [5, 5.41) is 6.41. The zero-order chi connectivity index (χ0) is 20.2. The Hall–Kier alpha value is -3.11. The van der Waals surface area contributed by atoms with Crippen LogP contribution in [0.25, 0.3) is 0 Å². The van der Waals surface area contributed by atoms with E-state index in [1.165, 1.54) is 12.1 Å². The van der Waals surface area contributed by atoms with E-state index >= 15 is 0 Å². The Morgan fingerprint density at radius 1 is 1.11 bits per heavy atom. The van der Waals surface area contributed by atoms with Crippen LogP contribution < -0.4 is 9.64 Å². The quantitative estimate of drug-likeness (QED) is 0.791. The molecule has 0 fully saturated rings. The third-order valence-corrected chi connectivity index (χ3v) is 2.83. The summed E-state index contributed by atoms with van der Waals surface area (Å²) in [7, 11) is 0. The molecule has 11 heteroatoms. The van der Waals surface area contributed by atoms with E-state index in [0.29, 0.717) is 4.90 Å². The molecule has 2 rings (SSSR count). The van der Waals surface area contributed by atoms with Crippen molar-refractivity contribution in [3.05, 3.63) is 36.0 Å². The van der Waals surface area contributed by atoms with E-state index in [1.807, 2.05) is 0 Å². The number of hydrogen-bond acceptors (Lipinski definition) is 7. The number of ether oxygens (including phenoxy) is 2. The van der Waals surface area contributed by atoms with Crippen LogP contribution in [-0.2, 0) is 4.74 Å². The molecular formula is C16H16F3N3O5. The molecule has 2 amide bonds. The van der Waals surface area contributed by atoms with Crippen LogP contribution in [0.4, 0.5) is 23.7 Å². The van der Waals surface area contributed by atoms with Gasteiger partial charge in [-0.05, 0) is 43.2 Å². The lowest BCUT2D eigenvalue weighted by atomic mass is 10.2. The predicted octanol–water partition coefficient (Wildman–Crippen LogP) is 3.59. The van der Waals surface area contributed by atoms with Gasteiger partial charge in [0.15, 0.2) is 6.61 Å². The van der Waals surface area contributed by atoms with Crippen molar-refractivity contribution >= 4 is 17.7 Å². The van der Waals surface area contributed by atoms with Crippen LogP contribution in [0.3, 0.4) is 0 Å². The second-order valence-electron chi connectivity index (χ2n) is 6.28. The van der Waals surface area contributed by atoms with E-state index in [1.54, 1.807) is 39.0 Å². The molecule has 0 bridgehead atoms. The van der Waals surface area contributed by atoms with Crippen molar-refractivity contribution in [2.75, 3.05) is 11.5 Å². The number of nitrogens with zero attached hydrogens (tertiary/aromatic N) is 3. The molecule has 0 spiro atoms. The molecule has 0 saturated carbocycles. The van der Waals surface area contributed by atoms with Crippen LogP contribution >= 0.6 is 0 Å². The van der Waals surface area contributed by atoms with Crippen molar-refractivity contribution < 1.29 is 36.9 Å². The highest BCUT2D eigenvalue weighted by Gasteiger charge is 2.36.